The normalized spacial score (nSPS) is 23.7. The molecule has 31 heavy (non-hydrogen) atoms. The van der Waals surface area contributed by atoms with Crippen LogP contribution in [0.2, 0.25) is 0 Å². The predicted molar refractivity (Wildman–Crippen MR) is 106 cm³/mol. The molecule has 1 amide bonds. The Morgan fingerprint density at radius 1 is 1.23 bits per heavy atom. The molecule has 0 bridgehead atoms. The maximum Gasteiger partial charge on any atom is 0.430 e. The molecule has 3 aliphatic rings. The number of aryl methyl sites for hydroxylation is 1. The highest BCUT2D eigenvalue weighted by Crippen LogP contribution is 2.44. The highest BCUT2D eigenvalue weighted by Gasteiger charge is 2.49. The Kier molecular flexibility index (Phi) is 4.72. The first kappa shape index (κ1) is 20.0. The molecule has 2 fully saturated rings. The van der Waals surface area contributed by atoms with Gasteiger partial charge >= 0.3 is 12.3 Å². The molecule has 11 heteroatoms. The Morgan fingerprint density at radius 2 is 2.03 bits per heavy atom. The second-order valence-corrected chi connectivity index (χ2v) is 8.17. The number of aromatic nitrogens is 3. The zero-order valence-electron chi connectivity index (χ0n) is 16.7. The summed E-state index contributed by atoms with van der Waals surface area (Å²) < 4.78 is 45.6. The van der Waals surface area contributed by atoms with Gasteiger partial charge in [0.25, 0.3) is 0 Å². The number of nitrogens with one attached hydrogen (secondary N) is 2. The quantitative estimate of drug-likeness (QED) is 0.767. The molecule has 0 spiro atoms. The van der Waals surface area contributed by atoms with Crippen molar-refractivity contribution < 1.29 is 22.7 Å². The summed E-state index contributed by atoms with van der Waals surface area (Å²) >= 11 is 0. The molecule has 1 aliphatic carbocycles. The predicted octanol–water partition coefficient (Wildman–Crippen LogP) is 3.20. The van der Waals surface area contributed by atoms with E-state index in [1.807, 2.05) is 13.0 Å². The zero-order chi connectivity index (χ0) is 21.8. The number of anilines is 2. The summed E-state index contributed by atoms with van der Waals surface area (Å²) in [6.45, 7) is 4.24. The number of piperazine rings is 1. The smallest absolute Gasteiger partial charge is 0.430 e. The van der Waals surface area contributed by atoms with Crippen molar-refractivity contribution in [3.63, 3.8) is 0 Å². The van der Waals surface area contributed by atoms with E-state index >= 15 is 0 Å². The summed E-state index contributed by atoms with van der Waals surface area (Å²) in [5, 5.41) is 5.77. The van der Waals surface area contributed by atoms with Crippen molar-refractivity contribution >= 4 is 17.7 Å². The summed E-state index contributed by atoms with van der Waals surface area (Å²) in [6.07, 6.45) is -4.92. The van der Waals surface area contributed by atoms with E-state index in [2.05, 4.69) is 35.2 Å². The number of alkyl halides is 3. The average Bonchev–Trinajstić information content (AvgIpc) is 3.57. The van der Waals surface area contributed by atoms with Gasteiger partial charge in [-0.25, -0.2) is 19.7 Å². The summed E-state index contributed by atoms with van der Waals surface area (Å²) in [4.78, 5) is 26.3. The fourth-order valence-electron chi connectivity index (χ4n) is 4.20. The first-order valence-electron chi connectivity index (χ1n) is 10.2. The molecule has 1 saturated heterocycles. The minimum absolute atomic E-state index is 0.00819. The lowest BCUT2D eigenvalue weighted by Crippen LogP contribution is -2.52. The number of halogens is 3. The molecule has 164 valence electrons. The number of ether oxygens (including phenoxy) is 1. The molecule has 8 nitrogen and oxygen atoms in total. The molecule has 0 radical (unpaired) electrons. The van der Waals surface area contributed by atoms with Crippen LogP contribution < -0.4 is 15.5 Å². The van der Waals surface area contributed by atoms with Gasteiger partial charge in [0.15, 0.2) is 0 Å². The van der Waals surface area contributed by atoms with E-state index in [1.54, 1.807) is 6.07 Å². The third kappa shape index (κ3) is 3.89. The number of hydrogen-bond acceptors (Lipinski definition) is 7. The number of carbonyl (C=O) groups is 1. The average molecular weight is 434 g/mol. The zero-order valence-corrected chi connectivity index (χ0v) is 16.7. The highest BCUT2D eigenvalue weighted by atomic mass is 19.4. The molecular weight excluding hydrogens is 413 g/mol. The van der Waals surface area contributed by atoms with Crippen LogP contribution in [0.15, 0.2) is 18.5 Å². The number of pyridine rings is 1. The highest BCUT2D eigenvalue weighted by molar-refractivity contribution is 5.88. The van der Waals surface area contributed by atoms with Crippen molar-refractivity contribution in [2.45, 2.75) is 38.1 Å². The summed E-state index contributed by atoms with van der Waals surface area (Å²) in [7, 11) is 0. The van der Waals surface area contributed by atoms with Crippen LogP contribution in [0.3, 0.4) is 0 Å². The molecule has 0 aromatic carbocycles. The van der Waals surface area contributed by atoms with Crippen molar-refractivity contribution in [2.75, 3.05) is 29.9 Å². The van der Waals surface area contributed by atoms with Gasteiger partial charge < -0.3 is 15.0 Å². The second-order valence-electron chi connectivity index (χ2n) is 8.17. The van der Waals surface area contributed by atoms with Gasteiger partial charge in [-0.05, 0) is 43.4 Å². The molecule has 2 aromatic heterocycles. The minimum atomic E-state index is -4.81. The number of carbonyl (C=O) groups excluding carboxylic acids is 1. The fraction of sp³-hybridized carbons (Fsp3) is 0.500. The van der Waals surface area contributed by atoms with Gasteiger partial charge in [0, 0.05) is 25.7 Å². The number of hydrogen-bond donors (Lipinski definition) is 2. The van der Waals surface area contributed by atoms with Crippen LogP contribution >= 0.6 is 0 Å². The third-order valence-corrected chi connectivity index (χ3v) is 5.81. The van der Waals surface area contributed by atoms with Crippen LogP contribution in [0.1, 0.15) is 30.1 Å². The number of nitrogens with zero attached hydrogens (tertiary/aromatic N) is 4. The van der Waals surface area contributed by atoms with Crippen LogP contribution in [0.25, 0.3) is 11.4 Å². The van der Waals surface area contributed by atoms with Crippen molar-refractivity contribution in [2.24, 2.45) is 5.92 Å². The maximum absolute atomic E-state index is 13.7. The van der Waals surface area contributed by atoms with Gasteiger partial charge in [0.2, 0.25) is 6.10 Å². The molecule has 5 rings (SSSR count). The van der Waals surface area contributed by atoms with Crippen LogP contribution in [-0.2, 0) is 4.74 Å². The fourth-order valence-corrected chi connectivity index (χ4v) is 4.20. The van der Waals surface area contributed by atoms with Crippen LogP contribution in [0.4, 0.5) is 29.6 Å². The molecule has 1 saturated carbocycles. The Bertz CT molecular complexity index is 1030. The van der Waals surface area contributed by atoms with Crippen molar-refractivity contribution in [1.82, 2.24) is 20.3 Å². The Morgan fingerprint density at radius 3 is 2.77 bits per heavy atom. The number of rotatable bonds is 3. The van der Waals surface area contributed by atoms with E-state index in [0.29, 0.717) is 17.8 Å². The maximum atomic E-state index is 13.7. The Hall–Kier alpha value is -2.95. The van der Waals surface area contributed by atoms with Crippen LogP contribution in [0, 0.1) is 12.8 Å². The van der Waals surface area contributed by atoms with E-state index < -0.39 is 18.4 Å². The Labute approximate surface area is 176 Å². The first-order valence-corrected chi connectivity index (χ1v) is 10.2. The third-order valence-electron chi connectivity index (χ3n) is 5.81. The molecule has 4 heterocycles. The van der Waals surface area contributed by atoms with Gasteiger partial charge in [0.1, 0.15) is 23.7 Å². The summed E-state index contributed by atoms with van der Waals surface area (Å²) in [5.74, 6) is 1.15. The summed E-state index contributed by atoms with van der Waals surface area (Å²) in [5.41, 5.74) is 0.781. The van der Waals surface area contributed by atoms with E-state index in [0.717, 1.165) is 31.5 Å². The topological polar surface area (TPSA) is 92.3 Å². The minimum Gasteiger partial charge on any atom is -0.431 e. The number of amides is 1. The van der Waals surface area contributed by atoms with Gasteiger partial charge in [-0.1, -0.05) is 0 Å². The van der Waals surface area contributed by atoms with Gasteiger partial charge in [-0.3, -0.25) is 5.32 Å². The lowest BCUT2D eigenvalue weighted by molar-refractivity contribution is -0.206. The summed E-state index contributed by atoms with van der Waals surface area (Å²) in [6, 6.07) is 3.99. The van der Waals surface area contributed by atoms with E-state index in [-0.39, 0.29) is 22.8 Å². The number of fused-ring (bicyclic) bond motifs is 1. The standard InChI is InChI=1S/C20H21F3N6O2/c1-10-6-12(27-14(7-10)29-5-4-24-13(8-29)11-2-3-11)16-15-17(20(21,22)23)31-19(30)28-18(15)26-9-25-16/h6-7,9,11,13,17,24H,2-5,8H2,1H3,(H,25,26,28,30)/t13?,17-/m1/s1. The van der Waals surface area contributed by atoms with Crippen LogP contribution in [0.5, 0.6) is 0 Å². The van der Waals surface area contributed by atoms with E-state index in [9.17, 15) is 18.0 Å². The Balaban J connectivity index is 1.56. The molecule has 2 N–H and O–H groups in total. The van der Waals surface area contributed by atoms with Gasteiger partial charge in [-0.2, -0.15) is 13.2 Å². The van der Waals surface area contributed by atoms with Gasteiger partial charge in [-0.15, -0.1) is 0 Å². The van der Waals surface area contributed by atoms with E-state index in [1.165, 1.54) is 12.8 Å². The van der Waals surface area contributed by atoms with Crippen molar-refractivity contribution in [3.05, 3.63) is 29.6 Å². The second kappa shape index (κ2) is 7.33. The molecule has 2 aromatic rings. The lowest BCUT2D eigenvalue weighted by atomic mass is 10.0. The van der Waals surface area contributed by atoms with Crippen molar-refractivity contribution in [3.8, 4) is 11.4 Å². The lowest BCUT2D eigenvalue weighted by Gasteiger charge is -2.35. The largest absolute Gasteiger partial charge is 0.431 e. The van der Waals surface area contributed by atoms with Crippen molar-refractivity contribution in [1.29, 1.82) is 0 Å². The van der Waals surface area contributed by atoms with Gasteiger partial charge in [0.05, 0.1) is 11.3 Å². The van der Waals surface area contributed by atoms with E-state index in [4.69, 9.17) is 0 Å². The molecule has 2 atom stereocenters. The molecular formula is C20H21F3N6O2. The SMILES string of the molecule is Cc1cc(-c2ncnc3c2[C@H](C(F)(F)F)OC(=O)N3)nc(N2CCNC(C3CC3)C2)c1. The monoisotopic (exact) mass is 434 g/mol. The first-order chi connectivity index (χ1) is 14.8. The molecule has 2 aliphatic heterocycles. The number of cyclic esters (lactones) is 1. The van der Waals surface area contributed by atoms with Crippen LogP contribution in [-0.4, -0.2) is 52.9 Å². The molecule has 1 unspecified atom stereocenters.